The Kier molecular flexibility index (Phi) is 13.9. The van der Waals surface area contributed by atoms with Gasteiger partial charge < -0.3 is 39.8 Å². The molecule has 3 aromatic carbocycles. The lowest BCUT2D eigenvalue weighted by molar-refractivity contribution is -0.136. The highest BCUT2D eigenvalue weighted by Crippen LogP contribution is 2.39. The van der Waals surface area contributed by atoms with Gasteiger partial charge in [-0.3, -0.25) is 19.7 Å². The summed E-state index contributed by atoms with van der Waals surface area (Å²) in [6, 6.07) is 18.9. The Hall–Kier alpha value is -5.17. The number of ether oxygens (including phenoxy) is 2. The van der Waals surface area contributed by atoms with Crippen molar-refractivity contribution >= 4 is 70.6 Å². The van der Waals surface area contributed by atoms with E-state index in [0.29, 0.717) is 65.2 Å². The van der Waals surface area contributed by atoms with Crippen molar-refractivity contribution in [3.05, 3.63) is 83.0 Å². The van der Waals surface area contributed by atoms with Crippen LogP contribution in [0.1, 0.15) is 73.7 Å². The zero-order chi connectivity index (χ0) is 42.2. The molecule has 0 spiro atoms. The molecule has 2 saturated heterocycles. The molecule has 3 aliphatic rings. The van der Waals surface area contributed by atoms with E-state index in [9.17, 15) is 18.9 Å². The van der Waals surface area contributed by atoms with Crippen molar-refractivity contribution in [3.63, 3.8) is 0 Å². The van der Waals surface area contributed by atoms with Crippen LogP contribution in [0.25, 0.3) is 0 Å². The average molecular weight is 857 g/mol. The molecule has 0 bridgehead atoms. The topological polar surface area (TPSA) is 167 Å². The number of rotatable bonds is 18. The average Bonchev–Trinajstić information content (AvgIpc) is 3.57. The summed E-state index contributed by atoms with van der Waals surface area (Å²) in [4.78, 5) is 50.0. The van der Waals surface area contributed by atoms with Gasteiger partial charge in [-0.2, -0.15) is 4.98 Å². The number of imide groups is 1. The van der Waals surface area contributed by atoms with Crippen molar-refractivity contribution in [2.75, 3.05) is 62.2 Å². The molecular formula is C44H54ClN8O6P. The van der Waals surface area contributed by atoms with Gasteiger partial charge in [-0.25, -0.2) is 4.98 Å². The van der Waals surface area contributed by atoms with Crippen LogP contribution in [-0.4, -0.2) is 91.4 Å². The number of hydrogen-bond acceptors (Lipinski definition) is 12. The standard InChI is InChI=1S/C44H54ClN8O6P/c1-58-38-26-30(16-17-34(38)49-44-47-27-33(45)41(51-44)48-35-13-7-8-15-39(35)60(2,3)57)52-23-20-29(21-24-52)46-22-9-5-4-6-10-25-59-37-14-11-12-31-32(37)28-53(43(31)56)36-18-19-40(54)50-42(36)55/h7-8,11-17,26-27,29,36,46H,4-6,9-10,18-25,28H2,1-3H3,(H,50,54,55)(H2,47,48,49,51). The van der Waals surface area contributed by atoms with Crippen LogP contribution in [0.2, 0.25) is 5.02 Å². The van der Waals surface area contributed by atoms with Gasteiger partial charge in [-0.15, -0.1) is 0 Å². The van der Waals surface area contributed by atoms with Gasteiger partial charge in [-0.05, 0) is 88.4 Å². The molecule has 3 amide bonds. The molecule has 3 aliphatic heterocycles. The van der Waals surface area contributed by atoms with Gasteiger partial charge in [0.1, 0.15) is 29.7 Å². The van der Waals surface area contributed by atoms with E-state index in [1.165, 1.54) is 6.20 Å². The third-order valence-corrected chi connectivity index (χ3v) is 13.2. The SMILES string of the molecule is COc1cc(N2CCC(NCCCCCCCOc3cccc4c3CN(C3CCC(=O)NC3=O)C4=O)CC2)ccc1Nc1ncc(Cl)c(Nc2ccccc2P(C)(C)=O)n1. The first-order chi connectivity index (χ1) is 29.0. The van der Waals surface area contributed by atoms with Crippen molar-refractivity contribution in [2.45, 2.75) is 76.4 Å². The van der Waals surface area contributed by atoms with Crippen LogP contribution < -0.4 is 40.9 Å². The van der Waals surface area contributed by atoms with Crippen molar-refractivity contribution in [1.82, 2.24) is 25.5 Å². The van der Waals surface area contributed by atoms with Gasteiger partial charge in [0.25, 0.3) is 5.91 Å². The minimum atomic E-state index is -2.54. The molecule has 4 heterocycles. The third kappa shape index (κ3) is 10.4. The Morgan fingerprint density at radius 3 is 2.47 bits per heavy atom. The van der Waals surface area contributed by atoms with E-state index in [2.05, 4.69) is 42.2 Å². The van der Waals surface area contributed by atoms with E-state index in [1.54, 1.807) is 31.4 Å². The van der Waals surface area contributed by atoms with E-state index in [4.69, 9.17) is 21.1 Å². The number of nitrogens with one attached hydrogen (secondary N) is 4. The number of piperidine rings is 2. The second-order valence-electron chi connectivity index (χ2n) is 15.9. The first-order valence-electron chi connectivity index (χ1n) is 20.8. The number of halogens is 1. The van der Waals surface area contributed by atoms with E-state index in [-0.39, 0.29) is 18.2 Å². The normalized spacial score (nSPS) is 17.1. The smallest absolute Gasteiger partial charge is 0.255 e. The number of hydrogen-bond donors (Lipinski definition) is 4. The molecule has 60 heavy (non-hydrogen) atoms. The van der Waals surface area contributed by atoms with Gasteiger partial charge in [-0.1, -0.05) is 49.1 Å². The number of benzene rings is 3. The minimum Gasteiger partial charge on any atom is -0.494 e. The molecule has 14 nitrogen and oxygen atoms in total. The number of methoxy groups -OCH3 is 1. The van der Waals surface area contributed by atoms with Crippen LogP contribution in [0.4, 0.5) is 28.8 Å². The number of carbonyl (C=O) groups excluding carboxylic acids is 3. The van der Waals surface area contributed by atoms with Crippen LogP contribution in [0.5, 0.6) is 11.5 Å². The van der Waals surface area contributed by atoms with E-state index < -0.39 is 19.1 Å². The third-order valence-electron chi connectivity index (χ3n) is 11.3. The van der Waals surface area contributed by atoms with Gasteiger partial charge in [0.05, 0.1) is 37.8 Å². The maximum atomic E-state index is 13.1. The highest BCUT2D eigenvalue weighted by molar-refractivity contribution is 7.70. The molecule has 0 radical (unpaired) electrons. The fourth-order valence-corrected chi connectivity index (χ4v) is 9.37. The quantitative estimate of drug-likeness (QED) is 0.0452. The van der Waals surface area contributed by atoms with Gasteiger partial charge in [0, 0.05) is 53.7 Å². The summed E-state index contributed by atoms with van der Waals surface area (Å²) in [5.74, 6) is 1.22. The first-order valence-corrected chi connectivity index (χ1v) is 23.7. The highest BCUT2D eigenvalue weighted by Gasteiger charge is 2.40. The molecule has 7 rings (SSSR count). The van der Waals surface area contributed by atoms with Crippen LogP contribution in [0, 0.1) is 0 Å². The molecule has 2 fully saturated rings. The number of fused-ring (bicyclic) bond motifs is 1. The lowest BCUT2D eigenvalue weighted by Gasteiger charge is -2.34. The van der Waals surface area contributed by atoms with E-state index in [1.807, 2.05) is 48.5 Å². The predicted molar refractivity (Wildman–Crippen MR) is 236 cm³/mol. The fraction of sp³-hybridized carbons (Fsp3) is 0.432. The Labute approximate surface area is 356 Å². The number of carbonyl (C=O) groups is 3. The van der Waals surface area contributed by atoms with Crippen molar-refractivity contribution in [2.24, 2.45) is 0 Å². The molecule has 0 saturated carbocycles. The molecule has 0 aliphatic carbocycles. The first kappa shape index (κ1) is 42.9. The molecular weight excluding hydrogens is 803 g/mol. The lowest BCUT2D eigenvalue weighted by Crippen LogP contribution is -2.52. The Bertz CT molecular complexity index is 2250. The summed E-state index contributed by atoms with van der Waals surface area (Å²) in [6.07, 6.45) is 9.61. The number of aromatic nitrogens is 2. The van der Waals surface area contributed by atoms with Crippen LogP contribution >= 0.6 is 18.7 Å². The molecule has 1 unspecified atom stereocenters. The van der Waals surface area contributed by atoms with Crippen LogP contribution in [-0.2, 0) is 20.7 Å². The number of para-hydroxylation sites is 1. The summed E-state index contributed by atoms with van der Waals surface area (Å²) >= 11 is 6.47. The zero-order valence-electron chi connectivity index (χ0n) is 34.5. The van der Waals surface area contributed by atoms with E-state index in [0.717, 1.165) is 86.8 Å². The predicted octanol–water partition coefficient (Wildman–Crippen LogP) is 7.22. The monoisotopic (exact) mass is 856 g/mol. The maximum absolute atomic E-state index is 13.1. The number of amides is 3. The zero-order valence-corrected chi connectivity index (χ0v) is 36.1. The molecule has 4 N–H and O–H groups in total. The fourth-order valence-electron chi connectivity index (χ4n) is 8.07. The van der Waals surface area contributed by atoms with Crippen molar-refractivity contribution < 1.29 is 28.4 Å². The van der Waals surface area contributed by atoms with Crippen LogP contribution in [0.3, 0.4) is 0 Å². The number of anilines is 5. The number of unbranched alkanes of at least 4 members (excludes halogenated alkanes) is 4. The summed E-state index contributed by atoms with van der Waals surface area (Å²) in [5, 5.41) is 13.7. The van der Waals surface area contributed by atoms with Crippen LogP contribution in [0.15, 0.2) is 66.9 Å². The highest BCUT2D eigenvalue weighted by atomic mass is 35.5. The number of nitrogens with zero attached hydrogens (tertiary/aromatic N) is 4. The van der Waals surface area contributed by atoms with Gasteiger partial charge in [0.15, 0.2) is 5.82 Å². The Morgan fingerprint density at radius 2 is 1.68 bits per heavy atom. The van der Waals surface area contributed by atoms with Gasteiger partial charge in [0.2, 0.25) is 17.8 Å². The Balaban J connectivity index is 0.797. The van der Waals surface area contributed by atoms with Gasteiger partial charge >= 0.3 is 0 Å². The van der Waals surface area contributed by atoms with Crippen molar-refractivity contribution in [3.8, 4) is 11.5 Å². The minimum absolute atomic E-state index is 0.188. The van der Waals surface area contributed by atoms with Crippen molar-refractivity contribution in [1.29, 1.82) is 0 Å². The molecule has 1 aromatic heterocycles. The molecule has 318 valence electrons. The lowest BCUT2D eigenvalue weighted by atomic mass is 10.0. The summed E-state index contributed by atoms with van der Waals surface area (Å²) < 4.78 is 24.8. The van der Waals surface area contributed by atoms with E-state index >= 15 is 0 Å². The summed E-state index contributed by atoms with van der Waals surface area (Å²) in [6.45, 7) is 7.24. The molecule has 4 aromatic rings. The largest absolute Gasteiger partial charge is 0.494 e. The molecule has 1 atom stereocenters. The second-order valence-corrected chi connectivity index (χ2v) is 19.5. The summed E-state index contributed by atoms with van der Waals surface area (Å²) in [7, 11) is -0.895. The Morgan fingerprint density at radius 1 is 0.900 bits per heavy atom. The molecule has 16 heteroatoms. The second kappa shape index (κ2) is 19.5. The maximum Gasteiger partial charge on any atom is 0.255 e. The summed E-state index contributed by atoms with van der Waals surface area (Å²) in [5.41, 5.74) is 3.89.